The first-order valence-corrected chi connectivity index (χ1v) is 10.6. The number of halogens is 1. The van der Waals surface area contributed by atoms with Gasteiger partial charge < -0.3 is 5.32 Å². The van der Waals surface area contributed by atoms with E-state index in [9.17, 15) is 4.79 Å². The van der Waals surface area contributed by atoms with Crippen LogP contribution in [0.2, 0.25) is 5.02 Å². The average Bonchev–Trinajstić information content (AvgIpc) is 3.30. The Morgan fingerprint density at radius 2 is 1.57 bits per heavy atom. The van der Waals surface area contributed by atoms with Crippen molar-refractivity contribution < 1.29 is 4.79 Å². The Labute approximate surface area is 174 Å². The van der Waals surface area contributed by atoms with Crippen LogP contribution < -0.4 is 5.32 Å². The maximum absolute atomic E-state index is 12.7. The van der Waals surface area contributed by atoms with Crippen LogP contribution in [0.1, 0.15) is 9.67 Å². The maximum atomic E-state index is 12.7. The van der Waals surface area contributed by atoms with Crippen molar-refractivity contribution >= 4 is 66.2 Å². The topological polar surface area (TPSA) is 42.0 Å². The van der Waals surface area contributed by atoms with Crippen LogP contribution in [0.4, 0.5) is 5.69 Å². The van der Waals surface area contributed by atoms with Crippen molar-refractivity contribution in [2.75, 3.05) is 5.32 Å². The predicted octanol–water partition coefficient (Wildman–Crippen LogP) is 7.08. The molecule has 0 spiro atoms. The van der Waals surface area contributed by atoms with E-state index in [1.165, 1.54) is 11.3 Å². The molecule has 3 nitrogen and oxygen atoms in total. The fourth-order valence-electron chi connectivity index (χ4n) is 3.04. The quantitative estimate of drug-likeness (QED) is 0.338. The van der Waals surface area contributed by atoms with Crippen molar-refractivity contribution in [3.8, 4) is 10.6 Å². The molecule has 3 aromatic carbocycles. The lowest BCUT2D eigenvalue weighted by Crippen LogP contribution is -2.10. The lowest BCUT2D eigenvalue weighted by atomic mass is 10.2. The Kier molecular flexibility index (Phi) is 4.36. The van der Waals surface area contributed by atoms with Crippen molar-refractivity contribution in [3.63, 3.8) is 0 Å². The van der Waals surface area contributed by atoms with E-state index in [-0.39, 0.29) is 5.91 Å². The lowest BCUT2D eigenvalue weighted by molar-refractivity contribution is 0.103. The Hall–Kier alpha value is -2.73. The van der Waals surface area contributed by atoms with Crippen LogP contribution in [0.3, 0.4) is 0 Å². The number of benzene rings is 3. The monoisotopic (exact) mass is 420 g/mol. The number of aromatic nitrogens is 1. The van der Waals surface area contributed by atoms with Crippen LogP contribution in [0.15, 0.2) is 72.8 Å². The summed E-state index contributed by atoms with van der Waals surface area (Å²) in [4.78, 5) is 17.9. The fourth-order valence-corrected chi connectivity index (χ4v) is 5.42. The molecular weight excluding hydrogens is 408 g/mol. The first kappa shape index (κ1) is 17.4. The zero-order chi connectivity index (χ0) is 19.1. The van der Waals surface area contributed by atoms with Crippen LogP contribution in [0, 0.1) is 0 Å². The normalized spacial score (nSPS) is 11.2. The number of hydrogen-bond acceptors (Lipinski definition) is 4. The van der Waals surface area contributed by atoms with Gasteiger partial charge in [-0.25, -0.2) is 4.98 Å². The van der Waals surface area contributed by atoms with E-state index < -0.39 is 0 Å². The lowest BCUT2D eigenvalue weighted by Gasteiger charge is -2.05. The summed E-state index contributed by atoms with van der Waals surface area (Å²) in [5, 5.41) is 5.31. The molecule has 0 unspecified atom stereocenters. The summed E-state index contributed by atoms with van der Waals surface area (Å²) in [6.45, 7) is 0. The van der Waals surface area contributed by atoms with Crippen LogP contribution in [-0.4, -0.2) is 10.9 Å². The number of thiazole rings is 1. The summed E-state index contributed by atoms with van der Waals surface area (Å²) in [7, 11) is 0. The predicted molar refractivity (Wildman–Crippen MR) is 120 cm³/mol. The minimum absolute atomic E-state index is 0.195. The molecule has 1 N–H and O–H groups in total. The maximum Gasteiger partial charge on any atom is 0.267 e. The number of nitrogens with zero attached hydrogens (tertiary/aromatic N) is 1. The number of hydrogen-bond donors (Lipinski definition) is 1. The molecule has 2 aromatic heterocycles. The zero-order valence-electron chi connectivity index (χ0n) is 14.5. The highest BCUT2D eigenvalue weighted by Gasteiger charge is 2.17. The summed E-state index contributed by atoms with van der Waals surface area (Å²) < 4.78 is 2.16. The zero-order valence-corrected chi connectivity index (χ0v) is 16.9. The summed E-state index contributed by atoms with van der Waals surface area (Å²) in [6.07, 6.45) is 0. The molecule has 5 rings (SSSR count). The number of anilines is 1. The number of carbonyl (C=O) groups is 1. The van der Waals surface area contributed by atoms with Gasteiger partial charge in [0.1, 0.15) is 9.88 Å². The van der Waals surface area contributed by atoms with Crippen LogP contribution in [0.25, 0.3) is 30.9 Å². The third kappa shape index (κ3) is 3.07. The molecule has 0 aliphatic rings. The Bertz CT molecular complexity index is 1290. The average molecular weight is 421 g/mol. The van der Waals surface area contributed by atoms with E-state index >= 15 is 0 Å². The molecule has 0 atom stereocenters. The highest BCUT2D eigenvalue weighted by molar-refractivity contribution is 7.22. The largest absolute Gasteiger partial charge is 0.321 e. The van der Waals surface area contributed by atoms with Crippen molar-refractivity contribution in [2.45, 2.75) is 0 Å². The molecule has 5 aromatic rings. The first-order chi connectivity index (χ1) is 13.7. The molecule has 2 heterocycles. The second kappa shape index (κ2) is 7.02. The number of rotatable bonds is 3. The number of fused-ring (bicyclic) bond motifs is 2. The number of carbonyl (C=O) groups excluding carboxylic acids is 1. The number of para-hydroxylation sites is 1. The molecule has 136 valence electrons. The minimum atomic E-state index is -0.195. The van der Waals surface area contributed by atoms with E-state index in [2.05, 4.69) is 16.4 Å². The SMILES string of the molecule is O=C(Nc1ccc(-c2nc3ccccc3s2)cc1)c1sc2ccccc2c1Cl. The summed E-state index contributed by atoms with van der Waals surface area (Å²) in [5.74, 6) is -0.195. The van der Waals surface area contributed by atoms with E-state index in [0.717, 1.165) is 36.6 Å². The Balaban J connectivity index is 1.39. The fraction of sp³-hybridized carbons (Fsp3) is 0. The second-order valence-corrected chi connectivity index (χ2v) is 8.72. The van der Waals surface area contributed by atoms with Gasteiger partial charge in [0.15, 0.2) is 0 Å². The standard InChI is InChI=1S/C22H13ClN2OS2/c23-19-15-5-1-3-7-17(15)27-20(19)21(26)24-14-11-9-13(10-12-14)22-25-16-6-2-4-8-18(16)28-22/h1-12H,(H,24,26). The van der Waals surface area contributed by atoms with Gasteiger partial charge in [0.05, 0.1) is 15.2 Å². The third-order valence-corrected chi connectivity index (χ3v) is 7.18. The van der Waals surface area contributed by atoms with Gasteiger partial charge in [-0.15, -0.1) is 22.7 Å². The van der Waals surface area contributed by atoms with Gasteiger partial charge in [-0.1, -0.05) is 41.9 Å². The van der Waals surface area contributed by atoms with Crippen LogP contribution >= 0.6 is 34.3 Å². The van der Waals surface area contributed by atoms with Crippen molar-refractivity contribution in [3.05, 3.63) is 82.7 Å². The third-order valence-electron chi connectivity index (χ3n) is 4.42. The highest BCUT2D eigenvalue weighted by Crippen LogP contribution is 2.36. The molecule has 0 bridgehead atoms. The summed E-state index contributed by atoms with van der Waals surface area (Å²) in [5.41, 5.74) is 2.75. The van der Waals surface area contributed by atoms with Gasteiger partial charge in [0.2, 0.25) is 0 Å². The van der Waals surface area contributed by atoms with Gasteiger partial charge in [0, 0.05) is 21.3 Å². The number of nitrogens with one attached hydrogen (secondary N) is 1. The van der Waals surface area contributed by atoms with E-state index in [1.54, 1.807) is 11.3 Å². The molecule has 1 amide bonds. The molecular formula is C22H13ClN2OS2. The van der Waals surface area contributed by atoms with Crippen molar-refractivity contribution in [1.82, 2.24) is 4.98 Å². The molecule has 0 saturated carbocycles. The van der Waals surface area contributed by atoms with Gasteiger partial charge in [0.25, 0.3) is 5.91 Å². The van der Waals surface area contributed by atoms with E-state index in [4.69, 9.17) is 11.6 Å². The summed E-state index contributed by atoms with van der Waals surface area (Å²) in [6, 6.07) is 23.6. The molecule has 0 radical (unpaired) electrons. The van der Waals surface area contributed by atoms with Gasteiger partial charge in [-0.2, -0.15) is 0 Å². The smallest absolute Gasteiger partial charge is 0.267 e. The number of thiophene rings is 1. The molecule has 0 aliphatic carbocycles. The van der Waals surface area contributed by atoms with E-state index in [1.807, 2.05) is 66.7 Å². The minimum Gasteiger partial charge on any atom is -0.321 e. The second-order valence-electron chi connectivity index (χ2n) is 6.26. The first-order valence-electron chi connectivity index (χ1n) is 8.63. The molecule has 6 heteroatoms. The molecule has 0 saturated heterocycles. The molecule has 28 heavy (non-hydrogen) atoms. The van der Waals surface area contributed by atoms with E-state index in [0.29, 0.717) is 9.90 Å². The highest BCUT2D eigenvalue weighted by atomic mass is 35.5. The van der Waals surface area contributed by atoms with Crippen LogP contribution in [0.5, 0.6) is 0 Å². The molecule has 0 fully saturated rings. The van der Waals surface area contributed by atoms with Crippen LogP contribution in [-0.2, 0) is 0 Å². The van der Waals surface area contributed by atoms with Gasteiger partial charge in [-0.05, 0) is 42.5 Å². The Morgan fingerprint density at radius 3 is 2.32 bits per heavy atom. The number of amides is 1. The molecule has 0 aliphatic heterocycles. The van der Waals surface area contributed by atoms with Crippen molar-refractivity contribution in [2.24, 2.45) is 0 Å². The Morgan fingerprint density at radius 1 is 0.857 bits per heavy atom. The van der Waals surface area contributed by atoms with Gasteiger partial charge in [-0.3, -0.25) is 4.79 Å². The van der Waals surface area contributed by atoms with Gasteiger partial charge >= 0.3 is 0 Å². The summed E-state index contributed by atoms with van der Waals surface area (Å²) >= 11 is 9.46. The van der Waals surface area contributed by atoms with Crippen molar-refractivity contribution in [1.29, 1.82) is 0 Å².